The van der Waals surface area contributed by atoms with E-state index >= 15 is 0 Å². The molecule has 1 unspecified atom stereocenters. The van der Waals surface area contributed by atoms with Crippen molar-refractivity contribution in [1.82, 2.24) is 0 Å². The lowest BCUT2D eigenvalue weighted by molar-refractivity contribution is 0.328. The molecular weight excluding hydrogens is 274 g/mol. The second-order valence-corrected chi connectivity index (χ2v) is 5.93. The predicted octanol–water partition coefficient (Wildman–Crippen LogP) is 4.74. The van der Waals surface area contributed by atoms with Crippen molar-refractivity contribution in [3.63, 3.8) is 0 Å². The number of benzene rings is 1. The Morgan fingerprint density at radius 3 is 2.30 bits per heavy atom. The van der Waals surface area contributed by atoms with Crippen LogP contribution in [0.25, 0.3) is 0 Å². The molecule has 1 aromatic rings. The van der Waals surface area contributed by atoms with Crippen LogP contribution in [0.4, 0.5) is 5.69 Å². The molecule has 0 spiro atoms. The summed E-state index contributed by atoms with van der Waals surface area (Å²) in [6, 6.07) is 4.14. The molecule has 2 rings (SSSR count). The number of anilines is 1. The summed E-state index contributed by atoms with van der Waals surface area (Å²) < 4.78 is 10.6. The molecule has 20 heavy (non-hydrogen) atoms. The van der Waals surface area contributed by atoms with E-state index < -0.39 is 0 Å². The van der Waals surface area contributed by atoms with E-state index in [1.54, 1.807) is 20.3 Å². The monoisotopic (exact) mass is 297 g/mol. The lowest BCUT2D eigenvalue weighted by Gasteiger charge is -2.29. The number of methoxy groups -OCH3 is 2. The highest BCUT2D eigenvalue weighted by Crippen LogP contribution is 2.37. The molecule has 0 radical (unpaired) electrons. The van der Waals surface area contributed by atoms with Gasteiger partial charge < -0.3 is 14.8 Å². The summed E-state index contributed by atoms with van der Waals surface area (Å²) in [5.74, 6) is 2.09. The molecule has 3 nitrogen and oxygen atoms in total. The highest BCUT2D eigenvalue weighted by molar-refractivity contribution is 6.33. The van der Waals surface area contributed by atoms with E-state index in [9.17, 15) is 0 Å². The van der Waals surface area contributed by atoms with Gasteiger partial charge >= 0.3 is 0 Å². The summed E-state index contributed by atoms with van der Waals surface area (Å²) in [6.07, 6.45) is 6.67. The number of nitrogens with one attached hydrogen (secondary N) is 1. The van der Waals surface area contributed by atoms with Crippen LogP contribution in [0.2, 0.25) is 5.02 Å². The van der Waals surface area contributed by atoms with E-state index in [4.69, 9.17) is 21.1 Å². The van der Waals surface area contributed by atoms with Gasteiger partial charge in [-0.1, -0.05) is 30.9 Å². The van der Waals surface area contributed by atoms with Gasteiger partial charge in [0, 0.05) is 18.2 Å². The number of rotatable bonds is 5. The van der Waals surface area contributed by atoms with Crippen LogP contribution < -0.4 is 14.8 Å². The highest BCUT2D eigenvalue weighted by Gasteiger charge is 2.21. The van der Waals surface area contributed by atoms with Crippen LogP contribution in [0, 0.1) is 5.92 Å². The van der Waals surface area contributed by atoms with Crippen molar-refractivity contribution >= 4 is 17.3 Å². The molecular formula is C16H24ClNO2. The summed E-state index contributed by atoms with van der Waals surface area (Å²) >= 11 is 6.32. The number of halogens is 1. The van der Waals surface area contributed by atoms with Gasteiger partial charge in [0.2, 0.25) is 0 Å². The van der Waals surface area contributed by atoms with Gasteiger partial charge in [-0.25, -0.2) is 0 Å². The molecule has 1 fully saturated rings. The minimum atomic E-state index is 0.422. The number of hydrogen-bond donors (Lipinski definition) is 1. The number of hydrogen-bond acceptors (Lipinski definition) is 3. The molecule has 1 aliphatic carbocycles. The van der Waals surface area contributed by atoms with Gasteiger partial charge in [0.15, 0.2) is 11.5 Å². The van der Waals surface area contributed by atoms with Crippen LogP contribution >= 0.6 is 11.6 Å². The molecule has 0 bridgehead atoms. The maximum atomic E-state index is 6.32. The van der Waals surface area contributed by atoms with Crippen molar-refractivity contribution in [1.29, 1.82) is 0 Å². The van der Waals surface area contributed by atoms with E-state index in [1.807, 2.05) is 6.07 Å². The lowest BCUT2D eigenvalue weighted by Crippen LogP contribution is -2.27. The van der Waals surface area contributed by atoms with Crippen molar-refractivity contribution in [2.75, 3.05) is 19.5 Å². The second kappa shape index (κ2) is 7.07. The Bertz CT molecular complexity index is 444. The zero-order valence-electron chi connectivity index (χ0n) is 12.5. The predicted molar refractivity (Wildman–Crippen MR) is 84.2 cm³/mol. The number of ether oxygens (including phenoxy) is 2. The largest absolute Gasteiger partial charge is 0.493 e. The summed E-state index contributed by atoms with van der Waals surface area (Å²) in [7, 11) is 3.26. The van der Waals surface area contributed by atoms with Gasteiger partial charge in [-0.3, -0.25) is 0 Å². The van der Waals surface area contributed by atoms with Gasteiger partial charge in [0.05, 0.1) is 24.9 Å². The molecule has 1 N–H and O–H groups in total. The fraction of sp³-hybridized carbons (Fsp3) is 0.625. The van der Waals surface area contributed by atoms with Crippen molar-refractivity contribution < 1.29 is 9.47 Å². The van der Waals surface area contributed by atoms with Gasteiger partial charge in [0.25, 0.3) is 0 Å². The van der Waals surface area contributed by atoms with Gasteiger partial charge in [-0.15, -0.1) is 0 Å². The van der Waals surface area contributed by atoms with Crippen LogP contribution in [0.5, 0.6) is 11.5 Å². The summed E-state index contributed by atoms with van der Waals surface area (Å²) in [5.41, 5.74) is 0.919. The lowest BCUT2D eigenvalue weighted by atomic mass is 9.84. The summed E-state index contributed by atoms with van der Waals surface area (Å²) in [4.78, 5) is 0. The first-order valence-electron chi connectivity index (χ1n) is 7.33. The Labute approximate surface area is 126 Å². The zero-order chi connectivity index (χ0) is 14.5. The van der Waals surface area contributed by atoms with Gasteiger partial charge in [0.1, 0.15) is 0 Å². The fourth-order valence-corrected chi connectivity index (χ4v) is 3.17. The van der Waals surface area contributed by atoms with Gasteiger partial charge in [-0.05, 0) is 25.7 Å². The molecule has 0 heterocycles. The van der Waals surface area contributed by atoms with E-state index in [-0.39, 0.29) is 0 Å². The molecule has 1 aromatic carbocycles. The Balaban J connectivity index is 2.11. The first-order valence-corrected chi connectivity index (χ1v) is 7.71. The molecule has 0 saturated heterocycles. The van der Waals surface area contributed by atoms with E-state index in [0.717, 1.165) is 11.6 Å². The molecule has 1 saturated carbocycles. The molecule has 112 valence electrons. The van der Waals surface area contributed by atoms with Crippen LogP contribution in [-0.4, -0.2) is 20.3 Å². The molecule has 4 heteroatoms. The third kappa shape index (κ3) is 3.51. The Hall–Kier alpha value is -1.09. The van der Waals surface area contributed by atoms with E-state index in [0.29, 0.717) is 22.6 Å². The van der Waals surface area contributed by atoms with E-state index in [2.05, 4.69) is 12.2 Å². The minimum Gasteiger partial charge on any atom is -0.493 e. The molecule has 0 amide bonds. The maximum absolute atomic E-state index is 6.32. The Morgan fingerprint density at radius 1 is 1.10 bits per heavy atom. The van der Waals surface area contributed by atoms with Crippen molar-refractivity contribution in [2.45, 2.75) is 45.1 Å². The third-order valence-corrected chi connectivity index (χ3v) is 4.53. The normalized spacial score (nSPS) is 17.6. The maximum Gasteiger partial charge on any atom is 0.162 e. The zero-order valence-corrected chi connectivity index (χ0v) is 13.3. The van der Waals surface area contributed by atoms with Crippen LogP contribution in [0.15, 0.2) is 12.1 Å². The summed E-state index contributed by atoms with van der Waals surface area (Å²) in [5, 5.41) is 4.21. The smallest absolute Gasteiger partial charge is 0.162 e. The fourth-order valence-electron chi connectivity index (χ4n) is 2.96. The van der Waals surface area contributed by atoms with Crippen molar-refractivity contribution in [2.24, 2.45) is 5.92 Å². The molecule has 0 aliphatic heterocycles. The van der Waals surface area contributed by atoms with Crippen LogP contribution in [0.3, 0.4) is 0 Å². The topological polar surface area (TPSA) is 30.5 Å². The molecule has 0 aromatic heterocycles. The highest BCUT2D eigenvalue weighted by atomic mass is 35.5. The standard InChI is InChI=1S/C16H24ClNO2/c1-11(12-7-5-4-6-8-12)18-14-10-16(20-3)15(19-2)9-13(14)17/h9-12,18H,4-8H2,1-3H3. The van der Waals surface area contributed by atoms with Crippen molar-refractivity contribution in [3.8, 4) is 11.5 Å². The van der Waals surface area contributed by atoms with Crippen LogP contribution in [0.1, 0.15) is 39.0 Å². The summed E-state index contributed by atoms with van der Waals surface area (Å²) in [6.45, 7) is 2.24. The SMILES string of the molecule is COc1cc(Cl)c(NC(C)C2CCCCC2)cc1OC. The first kappa shape index (κ1) is 15.3. The average Bonchev–Trinajstić information content (AvgIpc) is 2.49. The van der Waals surface area contributed by atoms with Gasteiger partial charge in [-0.2, -0.15) is 0 Å². The van der Waals surface area contributed by atoms with Crippen LogP contribution in [-0.2, 0) is 0 Å². The first-order chi connectivity index (χ1) is 9.65. The third-order valence-electron chi connectivity index (χ3n) is 4.21. The second-order valence-electron chi connectivity index (χ2n) is 5.52. The Morgan fingerprint density at radius 2 is 1.70 bits per heavy atom. The Kier molecular flexibility index (Phi) is 5.41. The molecule has 1 aliphatic rings. The molecule has 1 atom stereocenters. The quantitative estimate of drug-likeness (QED) is 0.851. The van der Waals surface area contributed by atoms with Crippen molar-refractivity contribution in [3.05, 3.63) is 17.2 Å². The van der Waals surface area contributed by atoms with E-state index in [1.165, 1.54) is 32.1 Å². The average molecular weight is 298 g/mol. The minimum absolute atomic E-state index is 0.422.